The van der Waals surface area contributed by atoms with Crippen molar-refractivity contribution in [3.05, 3.63) is 59.0 Å². The van der Waals surface area contributed by atoms with Crippen molar-refractivity contribution >= 4 is 34.0 Å². The van der Waals surface area contributed by atoms with Gasteiger partial charge in [-0.3, -0.25) is 4.79 Å². The quantitative estimate of drug-likeness (QED) is 0.477. The third-order valence-electron chi connectivity index (χ3n) is 3.84. The molecule has 5 nitrogen and oxygen atoms in total. The number of ketones is 1. The zero-order chi connectivity index (χ0) is 17.8. The van der Waals surface area contributed by atoms with Crippen LogP contribution >= 0.6 is 23.1 Å². The van der Waals surface area contributed by atoms with E-state index in [0.29, 0.717) is 11.7 Å². The highest BCUT2D eigenvalue weighted by Gasteiger charge is 2.19. The molecule has 3 rings (SSSR count). The second-order valence-electron chi connectivity index (χ2n) is 5.73. The number of Topliss-reactive ketones (excluding diaryl/α,β-unsaturated/α-hetero) is 1. The number of anilines is 1. The van der Waals surface area contributed by atoms with Crippen molar-refractivity contribution < 1.29 is 9.21 Å². The average Bonchev–Trinajstić information content (AvgIpc) is 3.26. The number of carbonyl (C=O) groups excluding carboxylic acids is 1. The van der Waals surface area contributed by atoms with Crippen molar-refractivity contribution in [1.82, 2.24) is 10.2 Å². The molecule has 1 atom stereocenters. The van der Waals surface area contributed by atoms with Gasteiger partial charge in [-0.2, -0.15) is 0 Å². The Bertz CT molecular complexity index is 859. The molecule has 2 heterocycles. The van der Waals surface area contributed by atoms with E-state index in [2.05, 4.69) is 15.5 Å². The van der Waals surface area contributed by atoms with Crippen molar-refractivity contribution in [1.29, 1.82) is 0 Å². The summed E-state index contributed by atoms with van der Waals surface area (Å²) in [7, 11) is 0. The molecule has 0 aliphatic carbocycles. The first kappa shape index (κ1) is 17.7. The Balaban J connectivity index is 1.59. The Hall–Kier alpha value is -2.12. The molecule has 0 aliphatic heterocycles. The van der Waals surface area contributed by atoms with Gasteiger partial charge in [-0.1, -0.05) is 35.2 Å². The van der Waals surface area contributed by atoms with E-state index in [1.807, 2.05) is 51.1 Å². The molecule has 0 bridgehead atoms. The minimum absolute atomic E-state index is 0.105. The molecule has 0 radical (unpaired) electrons. The van der Waals surface area contributed by atoms with E-state index in [9.17, 15) is 4.79 Å². The van der Waals surface area contributed by atoms with E-state index in [1.54, 1.807) is 6.26 Å². The number of hydrogen-bond acceptors (Lipinski definition) is 7. The zero-order valence-corrected chi connectivity index (χ0v) is 15.9. The highest BCUT2D eigenvalue weighted by molar-refractivity contribution is 8.02. The van der Waals surface area contributed by atoms with Gasteiger partial charge < -0.3 is 9.73 Å². The third kappa shape index (κ3) is 4.49. The summed E-state index contributed by atoms with van der Waals surface area (Å²) in [6.45, 7) is 6.52. The van der Waals surface area contributed by atoms with Gasteiger partial charge in [0.05, 0.1) is 18.1 Å². The van der Waals surface area contributed by atoms with Gasteiger partial charge in [-0.05, 0) is 50.1 Å². The molecule has 0 aliphatic rings. The van der Waals surface area contributed by atoms with Crippen LogP contribution in [0.4, 0.5) is 5.13 Å². The number of aromatic nitrogens is 2. The SMILES string of the molecule is Cc1ccc(C(=O)[C@@H](C)Sc2nnc(NCc3ccco3)s2)cc1C. The standard InChI is InChI=1S/C18H19N3O2S2/c1-11-6-7-14(9-12(11)2)16(22)13(3)24-18-21-20-17(25-18)19-10-15-5-4-8-23-15/h4-9,13H,10H2,1-3H3,(H,19,20)/t13-/m1/s1. The van der Waals surface area contributed by atoms with Crippen LogP contribution in [0.1, 0.15) is 34.2 Å². The van der Waals surface area contributed by atoms with Crippen molar-refractivity contribution in [3.8, 4) is 0 Å². The second kappa shape index (κ2) is 7.84. The molecule has 2 aromatic heterocycles. The highest BCUT2D eigenvalue weighted by atomic mass is 32.2. The topological polar surface area (TPSA) is 68.0 Å². The van der Waals surface area contributed by atoms with E-state index in [-0.39, 0.29) is 11.0 Å². The average molecular weight is 374 g/mol. The van der Waals surface area contributed by atoms with Gasteiger partial charge in [0.1, 0.15) is 5.76 Å². The largest absolute Gasteiger partial charge is 0.467 e. The fourth-order valence-electron chi connectivity index (χ4n) is 2.24. The minimum atomic E-state index is -0.215. The number of nitrogens with one attached hydrogen (secondary N) is 1. The molecule has 130 valence electrons. The smallest absolute Gasteiger partial charge is 0.206 e. The van der Waals surface area contributed by atoms with Gasteiger partial charge >= 0.3 is 0 Å². The number of carbonyl (C=O) groups is 1. The van der Waals surface area contributed by atoms with E-state index in [4.69, 9.17) is 4.42 Å². The maximum atomic E-state index is 12.6. The van der Waals surface area contributed by atoms with Crippen molar-refractivity contribution in [2.75, 3.05) is 5.32 Å². The van der Waals surface area contributed by atoms with Crippen LogP contribution in [0, 0.1) is 13.8 Å². The van der Waals surface area contributed by atoms with Crippen LogP contribution in [0.25, 0.3) is 0 Å². The predicted molar refractivity (Wildman–Crippen MR) is 102 cm³/mol. The van der Waals surface area contributed by atoms with Crippen LogP contribution < -0.4 is 5.32 Å². The molecule has 0 unspecified atom stereocenters. The van der Waals surface area contributed by atoms with Crippen molar-refractivity contribution in [3.63, 3.8) is 0 Å². The molecular formula is C18H19N3O2S2. The van der Waals surface area contributed by atoms with E-state index in [0.717, 1.165) is 21.2 Å². The van der Waals surface area contributed by atoms with Gasteiger partial charge in [0.25, 0.3) is 0 Å². The first-order valence-corrected chi connectivity index (χ1v) is 9.60. The first-order chi connectivity index (χ1) is 12.0. The molecule has 0 spiro atoms. The van der Waals surface area contributed by atoms with Gasteiger partial charge in [0.2, 0.25) is 5.13 Å². The first-order valence-electron chi connectivity index (χ1n) is 7.91. The summed E-state index contributed by atoms with van der Waals surface area (Å²) in [6, 6.07) is 9.57. The number of benzene rings is 1. The maximum Gasteiger partial charge on any atom is 0.206 e. The van der Waals surface area contributed by atoms with Crippen LogP contribution in [-0.4, -0.2) is 21.2 Å². The number of aryl methyl sites for hydroxylation is 2. The van der Waals surface area contributed by atoms with Crippen molar-refractivity contribution in [2.24, 2.45) is 0 Å². The molecule has 1 aromatic carbocycles. The summed E-state index contributed by atoms with van der Waals surface area (Å²) in [6.07, 6.45) is 1.64. The maximum absolute atomic E-state index is 12.6. The lowest BCUT2D eigenvalue weighted by Crippen LogP contribution is -2.13. The molecule has 0 fully saturated rings. The summed E-state index contributed by atoms with van der Waals surface area (Å²) >= 11 is 2.87. The van der Waals surface area contributed by atoms with Crippen LogP contribution in [-0.2, 0) is 6.54 Å². The van der Waals surface area contributed by atoms with E-state index < -0.39 is 0 Å². The van der Waals surface area contributed by atoms with Gasteiger partial charge in [-0.25, -0.2) is 0 Å². The highest BCUT2D eigenvalue weighted by Crippen LogP contribution is 2.30. The lowest BCUT2D eigenvalue weighted by Gasteiger charge is -2.09. The summed E-state index contributed by atoms with van der Waals surface area (Å²) < 4.78 is 6.04. The molecule has 0 saturated carbocycles. The van der Waals surface area contributed by atoms with Gasteiger partial charge in [0, 0.05) is 5.56 Å². The van der Waals surface area contributed by atoms with Crippen LogP contribution in [0.5, 0.6) is 0 Å². The summed E-state index contributed by atoms with van der Waals surface area (Å²) in [4.78, 5) is 12.6. The minimum Gasteiger partial charge on any atom is -0.467 e. The molecule has 0 amide bonds. The summed E-state index contributed by atoms with van der Waals surface area (Å²) in [5.41, 5.74) is 3.06. The fraction of sp³-hybridized carbons (Fsp3) is 0.278. The predicted octanol–water partition coefficient (Wildman–Crippen LogP) is 4.72. The van der Waals surface area contributed by atoms with E-state index in [1.165, 1.54) is 28.7 Å². The van der Waals surface area contributed by atoms with Gasteiger partial charge in [-0.15, -0.1) is 10.2 Å². The number of hydrogen-bond donors (Lipinski definition) is 1. The number of nitrogens with zero attached hydrogens (tertiary/aromatic N) is 2. The normalized spacial score (nSPS) is 12.1. The number of thioether (sulfide) groups is 1. The molecule has 0 saturated heterocycles. The van der Waals surface area contributed by atoms with E-state index >= 15 is 0 Å². The van der Waals surface area contributed by atoms with Crippen LogP contribution in [0.3, 0.4) is 0 Å². The fourth-order valence-corrected chi connectivity index (χ4v) is 4.21. The Kier molecular flexibility index (Phi) is 5.55. The van der Waals surface area contributed by atoms with Gasteiger partial charge in [0.15, 0.2) is 10.1 Å². The van der Waals surface area contributed by atoms with Crippen molar-refractivity contribution in [2.45, 2.75) is 36.9 Å². The van der Waals surface area contributed by atoms with Crippen LogP contribution in [0.15, 0.2) is 45.4 Å². The Morgan fingerprint density at radius 2 is 2.12 bits per heavy atom. The third-order valence-corrected chi connectivity index (χ3v) is 5.90. The zero-order valence-electron chi connectivity index (χ0n) is 14.3. The number of furan rings is 1. The molecular weight excluding hydrogens is 354 g/mol. The molecule has 25 heavy (non-hydrogen) atoms. The molecule has 1 N–H and O–H groups in total. The monoisotopic (exact) mass is 373 g/mol. The summed E-state index contributed by atoms with van der Waals surface area (Å²) in [5.74, 6) is 0.941. The van der Waals surface area contributed by atoms with Crippen LogP contribution in [0.2, 0.25) is 0 Å². The Morgan fingerprint density at radius 1 is 1.28 bits per heavy atom. The molecule has 7 heteroatoms. The number of rotatable bonds is 7. The lowest BCUT2D eigenvalue weighted by atomic mass is 10.0. The summed E-state index contributed by atoms with van der Waals surface area (Å²) in [5, 5.41) is 11.9. The Labute approximate surface area is 154 Å². The molecule has 3 aromatic rings. The second-order valence-corrected chi connectivity index (χ2v) is 8.29. The lowest BCUT2D eigenvalue weighted by molar-refractivity contribution is 0.0994. The Morgan fingerprint density at radius 3 is 2.84 bits per heavy atom.